The SMILES string of the molecule is CCOc1ncccc1NC(=O)NCC(=O)NC. The predicted molar refractivity (Wildman–Crippen MR) is 66.5 cm³/mol. The maximum atomic E-state index is 11.5. The third-order valence-corrected chi connectivity index (χ3v) is 1.99. The molecule has 0 aliphatic carbocycles. The summed E-state index contributed by atoms with van der Waals surface area (Å²) in [5.41, 5.74) is 0.453. The quantitative estimate of drug-likeness (QED) is 0.705. The molecule has 0 spiro atoms. The molecule has 0 unspecified atom stereocenters. The van der Waals surface area contributed by atoms with Gasteiger partial charge in [0, 0.05) is 13.2 Å². The zero-order valence-electron chi connectivity index (χ0n) is 10.3. The summed E-state index contributed by atoms with van der Waals surface area (Å²) in [6, 6.07) is 2.85. The number of ether oxygens (including phenoxy) is 1. The smallest absolute Gasteiger partial charge is 0.319 e. The van der Waals surface area contributed by atoms with E-state index in [2.05, 4.69) is 20.9 Å². The highest BCUT2D eigenvalue weighted by molar-refractivity contribution is 5.93. The lowest BCUT2D eigenvalue weighted by Crippen LogP contribution is -2.37. The van der Waals surface area contributed by atoms with Gasteiger partial charge in [-0.1, -0.05) is 0 Å². The number of rotatable bonds is 5. The van der Waals surface area contributed by atoms with Crippen molar-refractivity contribution in [1.82, 2.24) is 15.6 Å². The number of likely N-dealkylation sites (N-methyl/N-ethyl adjacent to an activating group) is 1. The van der Waals surface area contributed by atoms with Gasteiger partial charge in [0.05, 0.1) is 13.2 Å². The van der Waals surface area contributed by atoms with Crippen LogP contribution >= 0.6 is 0 Å². The number of anilines is 1. The first-order chi connectivity index (χ1) is 8.67. The Kier molecular flexibility index (Phi) is 5.43. The molecule has 7 heteroatoms. The van der Waals surface area contributed by atoms with Crippen LogP contribution in [0.15, 0.2) is 18.3 Å². The average Bonchev–Trinajstić information content (AvgIpc) is 2.38. The Balaban J connectivity index is 2.56. The molecule has 1 aromatic heterocycles. The molecule has 3 amide bonds. The molecule has 7 nitrogen and oxygen atoms in total. The first kappa shape index (κ1) is 13.8. The van der Waals surface area contributed by atoms with E-state index in [1.807, 2.05) is 6.92 Å². The molecule has 0 radical (unpaired) electrons. The van der Waals surface area contributed by atoms with Crippen molar-refractivity contribution in [3.05, 3.63) is 18.3 Å². The van der Waals surface area contributed by atoms with Crippen molar-refractivity contribution in [3.63, 3.8) is 0 Å². The van der Waals surface area contributed by atoms with Crippen molar-refractivity contribution in [2.24, 2.45) is 0 Å². The monoisotopic (exact) mass is 252 g/mol. The maximum Gasteiger partial charge on any atom is 0.319 e. The van der Waals surface area contributed by atoms with Gasteiger partial charge in [-0.05, 0) is 19.1 Å². The van der Waals surface area contributed by atoms with Gasteiger partial charge in [-0.15, -0.1) is 0 Å². The third kappa shape index (κ3) is 4.28. The number of pyridine rings is 1. The molecule has 98 valence electrons. The molecule has 0 bridgehead atoms. The van der Waals surface area contributed by atoms with Crippen molar-refractivity contribution in [1.29, 1.82) is 0 Å². The molecule has 0 aliphatic heterocycles. The molecular formula is C11H16N4O3. The Hall–Kier alpha value is -2.31. The molecule has 3 N–H and O–H groups in total. The summed E-state index contributed by atoms with van der Waals surface area (Å²) in [7, 11) is 1.50. The molecular weight excluding hydrogens is 236 g/mol. The van der Waals surface area contributed by atoms with E-state index < -0.39 is 6.03 Å². The molecule has 1 aromatic rings. The highest BCUT2D eigenvalue weighted by atomic mass is 16.5. The van der Waals surface area contributed by atoms with Gasteiger partial charge in [0.2, 0.25) is 11.8 Å². The lowest BCUT2D eigenvalue weighted by molar-refractivity contribution is -0.119. The number of nitrogens with one attached hydrogen (secondary N) is 3. The molecule has 0 aromatic carbocycles. The van der Waals surface area contributed by atoms with E-state index >= 15 is 0 Å². The Morgan fingerprint density at radius 3 is 2.89 bits per heavy atom. The number of aromatic nitrogens is 1. The Labute approximate surface area is 105 Å². The summed E-state index contributed by atoms with van der Waals surface area (Å²) in [5, 5.41) is 7.36. The van der Waals surface area contributed by atoms with Crippen LogP contribution in [0.3, 0.4) is 0 Å². The Morgan fingerprint density at radius 2 is 2.22 bits per heavy atom. The van der Waals surface area contributed by atoms with Crippen LogP contribution in [0.1, 0.15) is 6.92 Å². The van der Waals surface area contributed by atoms with Crippen LogP contribution in [0, 0.1) is 0 Å². The number of hydrogen-bond acceptors (Lipinski definition) is 4. The van der Waals surface area contributed by atoms with Crippen LogP contribution in [-0.2, 0) is 4.79 Å². The van der Waals surface area contributed by atoms with Crippen LogP contribution < -0.4 is 20.7 Å². The van der Waals surface area contributed by atoms with E-state index in [1.165, 1.54) is 7.05 Å². The van der Waals surface area contributed by atoms with Crippen molar-refractivity contribution >= 4 is 17.6 Å². The van der Waals surface area contributed by atoms with Crippen LogP contribution in [-0.4, -0.2) is 37.1 Å². The third-order valence-electron chi connectivity index (χ3n) is 1.99. The van der Waals surface area contributed by atoms with Gasteiger partial charge in [0.25, 0.3) is 0 Å². The van der Waals surface area contributed by atoms with Crippen LogP contribution in [0.25, 0.3) is 0 Å². The normalized spacial score (nSPS) is 9.44. The number of carbonyl (C=O) groups excluding carboxylic acids is 2. The van der Waals surface area contributed by atoms with Crippen molar-refractivity contribution in [2.45, 2.75) is 6.92 Å². The highest BCUT2D eigenvalue weighted by Crippen LogP contribution is 2.19. The minimum Gasteiger partial charge on any atom is -0.476 e. The van der Waals surface area contributed by atoms with Gasteiger partial charge in [-0.3, -0.25) is 4.79 Å². The van der Waals surface area contributed by atoms with E-state index in [0.29, 0.717) is 18.2 Å². The molecule has 0 fully saturated rings. The summed E-state index contributed by atoms with van der Waals surface area (Å²) < 4.78 is 5.25. The van der Waals surface area contributed by atoms with E-state index in [0.717, 1.165) is 0 Å². The lowest BCUT2D eigenvalue weighted by Gasteiger charge is -2.10. The van der Waals surface area contributed by atoms with E-state index in [1.54, 1.807) is 18.3 Å². The number of urea groups is 1. The second-order valence-corrected chi connectivity index (χ2v) is 3.27. The zero-order chi connectivity index (χ0) is 13.4. The van der Waals surface area contributed by atoms with E-state index in [4.69, 9.17) is 4.74 Å². The van der Waals surface area contributed by atoms with Gasteiger partial charge in [-0.2, -0.15) is 0 Å². The molecule has 1 heterocycles. The second kappa shape index (κ2) is 7.10. The molecule has 1 rings (SSSR count). The van der Waals surface area contributed by atoms with Crippen molar-refractivity contribution in [2.75, 3.05) is 25.5 Å². The minimum atomic E-state index is -0.493. The summed E-state index contributed by atoms with van der Waals surface area (Å²) in [6.07, 6.45) is 1.57. The summed E-state index contributed by atoms with van der Waals surface area (Å²) in [4.78, 5) is 26.4. The lowest BCUT2D eigenvalue weighted by atomic mass is 10.4. The molecule has 0 atom stereocenters. The van der Waals surface area contributed by atoms with E-state index in [9.17, 15) is 9.59 Å². The fraction of sp³-hybridized carbons (Fsp3) is 0.364. The van der Waals surface area contributed by atoms with Crippen LogP contribution in [0.4, 0.5) is 10.5 Å². The van der Waals surface area contributed by atoms with Crippen molar-refractivity contribution < 1.29 is 14.3 Å². The van der Waals surface area contributed by atoms with Crippen molar-refractivity contribution in [3.8, 4) is 5.88 Å². The fourth-order valence-corrected chi connectivity index (χ4v) is 1.15. The van der Waals surface area contributed by atoms with Gasteiger partial charge in [-0.25, -0.2) is 9.78 Å². The average molecular weight is 252 g/mol. The largest absolute Gasteiger partial charge is 0.476 e. The highest BCUT2D eigenvalue weighted by Gasteiger charge is 2.08. The van der Waals surface area contributed by atoms with E-state index in [-0.39, 0.29) is 12.5 Å². The Bertz CT molecular complexity index is 423. The number of amides is 3. The summed E-state index contributed by atoms with van der Waals surface area (Å²) in [6.45, 7) is 2.18. The predicted octanol–water partition coefficient (Wildman–Crippen LogP) is 0.348. The molecule has 0 saturated carbocycles. The number of hydrogen-bond donors (Lipinski definition) is 3. The number of nitrogens with zero attached hydrogens (tertiary/aromatic N) is 1. The first-order valence-corrected chi connectivity index (χ1v) is 5.50. The van der Waals surface area contributed by atoms with Gasteiger partial charge >= 0.3 is 6.03 Å². The topological polar surface area (TPSA) is 92.3 Å². The molecule has 0 saturated heterocycles. The standard InChI is InChI=1S/C11H16N4O3/c1-3-18-10-8(5-4-6-13-10)15-11(17)14-7-9(16)12-2/h4-6H,3,7H2,1-2H3,(H,12,16)(H2,14,15,17). The van der Waals surface area contributed by atoms with Gasteiger partial charge < -0.3 is 20.7 Å². The second-order valence-electron chi connectivity index (χ2n) is 3.27. The zero-order valence-corrected chi connectivity index (χ0v) is 10.3. The molecule has 18 heavy (non-hydrogen) atoms. The number of carbonyl (C=O) groups is 2. The van der Waals surface area contributed by atoms with Crippen LogP contribution in [0.2, 0.25) is 0 Å². The first-order valence-electron chi connectivity index (χ1n) is 5.50. The summed E-state index contributed by atoms with van der Waals surface area (Å²) in [5.74, 6) is 0.0662. The molecule has 0 aliphatic rings. The Morgan fingerprint density at radius 1 is 1.44 bits per heavy atom. The maximum absolute atomic E-state index is 11.5. The fourth-order valence-electron chi connectivity index (χ4n) is 1.15. The van der Waals surface area contributed by atoms with Gasteiger partial charge in [0.15, 0.2) is 0 Å². The minimum absolute atomic E-state index is 0.0907. The van der Waals surface area contributed by atoms with Crippen LogP contribution in [0.5, 0.6) is 5.88 Å². The summed E-state index contributed by atoms with van der Waals surface area (Å²) >= 11 is 0. The van der Waals surface area contributed by atoms with Gasteiger partial charge in [0.1, 0.15) is 5.69 Å².